The molecule has 4 heterocycles. The normalized spacial score (nSPS) is 21.8. The van der Waals surface area contributed by atoms with E-state index in [1.807, 2.05) is 25.3 Å². The summed E-state index contributed by atoms with van der Waals surface area (Å²) in [6, 6.07) is 3.90. The second kappa shape index (κ2) is 7.55. The summed E-state index contributed by atoms with van der Waals surface area (Å²) in [5.74, 6) is 0.520. The highest BCUT2D eigenvalue weighted by molar-refractivity contribution is 6.58. The zero-order chi connectivity index (χ0) is 22.5. The largest absolute Gasteiger partial charge is 0.500 e. The lowest BCUT2D eigenvalue weighted by molar-refractivity contribution is 0.0195. The molecule has 0 unspecified atom stereocenters. The number of rotatable bonds is 5. The summed E-state index contributed by atoms with van der Waals surface area (Å²) in [5.41, 5.74) is 2.25. The number of hydrogen-bond acceptors (Lipinski definition) is 7. The Balaban J connectivity index is 1.54. The molecule has 4 aromatic rings. The molecule has 0 spiro atoms. The number of aromatic nitrogens is 6. The van der Waals surface area contributed by atoms with E-state index in [1.54, 1.807) is 10.7 Å². The molecule has 1 fully saturated rings. The Morgan fingerprint density at radius 2 is 2.03 bits per heavy atom. The molecular formula is C20H20B3N7O2. The SMILES string of the molecule is [B]C([B])([B])Oc1nc(NC2CCC(C)(O)CC2)nc2[nH]cc(-c3ccc4ncnn4c3)c12. The van der Waals surface area contributed by atoms with E-state index in [4.69, 9.17) is 28.3 Å². The van der Waals surface area contributed by atoms with E-state index in [0.29, 0.717) is 29.8 Å². The predicted octanol–water partition coefficient (Wildman–Crippen LogP) is 1.27. The third-order valence-corrected chi connectivity index (χ3v) is 5.75. The first-order chi connectivity index (χ1) is 15.2. The average molecular weight is 423 g/mol. The van der Waals surface area contributed by atoms with Gasteiger partial charge in [0.15, 0.2) is 5.65 Å². The van der Waals surface area contributed by atoms with Crippen LogP contribution >= 0.6 is 0 Å². The molecule has 4 aromatic heterocycles. The summed E-state index contributed by atoms with van der Waals surface area (Å²) in [4.78, 5) is 16.5. The first-order valence-electron chi connectivity index (χ1n) is 10.4. The molecule has 0 aromatic carbocycles. The molecule has 5 rings (SSSR count). The number of aliphatic hydroxyl groups is 1. The number of nitrogens with zero attached hydrogens (tertiary/aromatic N) is 5. The van der Waals surface area contributed by atoms with Crippen molar-refractivity contribution >= 4 is 46.2 Å². The van der Waals surface area contributed by atoms with Crippen LogP contribution in [0.5, 0.6) is 5.88 Å². The molecule has 9 nitrogen and oxygen atoms in total. The van der Waals surface area contributed by atoms with Crippen LogP contribution in [0.15, 0.2) is 30.9 Å². The third kappa shape index (κ3) is 4.19. The molecule has 32 heavy (non-hydrogen) atoms. The van der Waals surface area contributed by atoms with Crippen LogP contribution in [0.1, 0.15) is 32.6 Å². The molecule has 1 aliphatic rings. The summed E-state index contributed by atoms with van der Waals surface area (Å²) in [5, 5.41) is 16.4. The van der Waals surface area contributed by atoms with Gasteiger partial charge in [0, 0.05) is 29.6 Å². The number of fused-ring (bicyclic) bond motifs is 2. The standard InChI is InChI=1S/C20H20B3N7O2/c1-19(31)6-4-12(5-7-19)27-18-28-16-15(17(29-18)32-20(21,22)23)13(8-24-16)11-2-3-14-25-10-26-30(14)9-11/h2-3,8-10,12,31H,4-7H2,1H3,(H2,24,27,28,29). The minimum atomic E-state index is -1.92. The molecule has 12 heteroatoms. The van der Waals surface area contributed by atoms with E-state index < -0.39 is 10.9 Å². The van der Waals surface area contributed by atoms with Gasteiger partial charge in [0.1, 0.15) is 35.5 Å². The second-order valence-corrected chi connectivity index (χ2v) is 8.63. The number of pyridine rings is 1. The van der Waals surface area contributed by atoms with E-state index in [-0.39, 0.29) is 11.9 Å². The maximum Gasteiger partial charge on any atom is 0.228 e. The Morgan fingerprint density at radius 1 is 1.25 bits per heavy atom. The summed E-state index contributed by atoms with van der Waals surface area (Å²) in [6.45, 7) is 1.86. The monoisotopic (exact) mass is 423 g/mol. The predicted molar refractivity (Wildman–Crippen MR) is 123 cm³/mol. The fourth-order valence-electron chi connectivity index (χ4n) is 4.08. The Morgan fingerprint density at radius 3 is 2.78 bits per heavy atom. The fraction of sp³-hybridized carbons (Fsp3) is 0.400. The Hall–Kier alpha value is -3.01. The van der Waals surface area contributed by atoms with Gasteiger partial charge in [-0.25, -0.2) is 9.50 Å². The lowest BCUT2D eigenvalue weighted by atomic mass is 9.52. The summed E-state index contributed by atoms with van der Waals surface area (Å²) in [6.07, 6.45) is 8.13. The summed E-state index contributed by atoms with van der Waals surface area (Å²) < 4.78 is 7.29. The zero-order valence-electron chi connectivity index (χ0n) is 17.6. The summed E-state index contributed by atoms with van der Waals surface area (Å²) >= 11 is 0. The molecule has 0 amide bonds. The zero-order valence-corrected chi connectivity index (χ0v) is 17.6. The van der Waals surface area contributed by atoms with Crippen molar-refractivity contribution in [1.82, 2.24) is 29.5 Å². The molecule has 6 radical (unpaired) electrons. The Bertz CT molecular complexity index is 1270. The van der Waals surface area contributed by atoms with Crippen molar-refractivity contribution in [1.29, 1.82) is 0 Å². The number of hydrogen-bond donors (Lipinski definition) is 3. The average Bonchev–Trinajstić information content (AvgIpc) is 3.34. The van der Waals surface area contributed by atoms with Crippen LogP contribution in [0, 0.1) is 0 Å². The first-order valence-corrected chi connectivity index (χ1v) is 10.4. The fourth-order valence-corrected chi connectivity index (χ4v) is 4.08. The number of H-pyrrole nitrogens is 1. The van der Waals surface area contributed by atoms with Gasteiger partial charge in [0.05, 0.1) is 11.0 Å². The summed E-state index contributed by atoms with van der Waals surface area (Å²) in [7, 11) is 17.2. The van der Waals surface area contributed by atoms with E-state index >= 15 is 0 Å². The van der Waals surface area contributed by atoms with Gasteiger partial charge in [0.2, 0.25) is 11.8 Å². The van der Waals surface area contributed by atoms with Gasteiger partial charge in [-0.3, -0.25) is 0 Å². The van der Waals surface area contributed by atoms with E-state index in [2.05, 4.69) is 30.4 Å². The van der Waals surface area contributed by atoms with Gasteiger partial charge in [0.25, 0.3) is 0 Å². The topological polar surface area (TPSA) is 113 Å². The molecule has 3 N–H and O–H groups in total. The highest BCUT2D eigenvalue weighted by Gasteiger charge is 2.29. The number of aromatic amines is 1. The molecule has 0 aliphatic heterocycles. The van der Waals surface area contributed by atoms with Crippen molar-refractivity contribution in [2.45, 2.75) is 49.5 Å². The molecule has 1 saturated carbocycles. The van der Waals surface area contributed by atoms with Gasteiger partial charge in [-0.15, -0.1) is 0 Å². The van der Waals surface area contributed by atoms with Gasteiger partial charge in [-0.1, -0.05) is 0 Å². The van der Waals surface area contributed by atoms with E-state index in [9.17, 15) is 5.11 Å². The highest BCUT2D eigenvalue weighted by Crippen LogP contribution is 2.36. The lowest BCUT2D eigenvalue weighted by Gasteiger charge is -2.33. The van der Waals surface area contributed by atoms with Gasteiger partial charge < -0.3 is 20.1 Å². The van der Waals surface area contributed by atoms with E-state index in [0.717, 1.165) is 29.6 Å². The minimum Gasteiger partial charge on any atom is -0.500 e. The molecule has 156 valence electrons. The second-order valence-electron chi connectivity index (χ2n) is 8.63. The Kier molecular flexibility index (Phi) is 4.92. The smallest absolute Gasteiger partial charge is 0.228 e. The maximum absolute atomic E-state index is 10.2. The maximum atomic E-state index is 10.2. The quantitative estimate of drug-likeness (QED) is 0.415. The minimum absolute atomic E-state index is 0.128. The Labute approximate surface area is 188 Å². The van der Waals surface area contributed by atoms with Crippen LogP contribution in [0.3, 0.4) is 0 Å². The van der Waals surface area contributed by atoms with Crippen molar-refractivity contribution < 1.29 is 9.84 Å². The number of ether oxygens (including phenoxy) is 1. The van der Waals surface area contributed by atoms with Crippen LogP contribution < -0.4 is 10.1 Å². The third-order valence-electron chi connectivity index (χ3n) is 5.75. The van der Waals surface area contributed by atoms with Gasteiger partial charge in [-0.05, 0) is 50.0 Å². The van der Waals surface area contributed by atoms with Crippen molar-refractivity contribution in [3.05, 3.63) is 30.9 Å². The number of anilines is 1. The van der Waals surface area contributed by atoms with Crippen molar-refractivity contribution in [3.63, 3.8) is 0 Å². The van der Waals surface area contributed by atoms with Crippen molar-refractivity contribution in [2.24, 2.45) is 0 Å². The molecule has 0 bridgehead atoms. The van der Waals surface area contributed by atoms with Crippen LogP contribution in [-0.2, 0) is 0 Å². The molecule has 0 atom stereocenters. The lowest BCUT2D eigenvalue weighted by Crippen LogP contribution is -2.38. The highest BCUT2D eigenvalue weighted by atomic mass is 16.5. The van der Waals surface area contributed by atoms with Crippen molar-refractivity contribution in [2.75, 3.05) is 5.32 Å². The van der Waals surface area contributed by atoms with Crippen LogP contribution in [0.2, 0.25) is 0 Å². The van der Waals surface area contributed by atoms with Gasteiger partial charge in [-0.2, -0.15) is 15.1 Å². The molecular weight excluding hydrogens is 403 g/mol. The number of nitrogens with one attached hydrogen (secondary N) is 2. The van der Waals surface area contributed by atoms with Crippen molar-refractivity contribution in [3.8, 4) is 17.0 Å². The van der Waals surface area contributed by atoms with Crippen LogP contribution in [0.25, 0.3) is 27.8 Å². The van der Waals surface area contributed by atoms with Gasteiger partial charge >= 0.3 is 0 Å². The van der Waals surface area contributed by atoms with E-state index in [1.165, 1.54) is 6.33 Å². The molecule has 1 aliphatic carbocycles. The molecule has 0 saturated heterocycles. The van der Waals surface area contributed by atoms with Crippen LogP contribution in [-0.4, -0.2) is 75.1 Å². The van der Waals surface area contributed by atoms with Crippen LogP contribution in [0.4, 0.5) is 5.95 Å². The first kappa shape index (κ1) is 20.9.